The van der Waals surface area contributed by atoms with Gasteiger partial charge in [0.2, 0.25) is 0 Å². The van der Waals surface area contributed by atoms with E-state index in [4.69, 9.17) is 11.6 Å². The van der Waals surface area contributed by atoms with Crippen molar-refractivity contribution in [3.63, 3.8) is 0 Å². The average Bonchev–Trinajstić information content (AvgIpc) is 2.29. The normalized spacial score (nSPS) is 11.7. The average molecular weight is 223 g/mol. The van der Waals surface area contributed by atoms with E-state index in [1.54, 1.807) is 6.08 Å². The minimum atomic E-state index is -0.533. The quantitative estimate of drug-likeness (QED) is 0.447. The fraction of sp³-hybridized carbons (Fsp3) is 0.0833. The fourth-order valence-electron chi connectivity index (χ4n) is 0.973. The Labute approximate surface area is 93.8 Å². The van der Waals surface area contributed by atoms with Gasteiger partial charge in [-0.1, -0.05) is 54.1 Å². The second-order valence-corrected chi connectivity index (χ2v) is 3.18. The molecule has 0 aliphatic heterocycles. The van der Waals surface area contributed by atoms with Gasteiger partial charge in [-0.2, -0.15) is 0 Å². The van der Waals surface area contributed by atoms with Crippen molar-refractivity contribution < 1.29 is 9.53 Å². The molecule has 78 valence electrons. The summed E-state index contributed by atoms with van der Waals surface area (Å²) in [6, 6.07) is 9.72. The Balaban J connectivity index is 2.64. The van der Waals surface area contributed by atoms with Gasteiger partial charge >= 0.3 is 5.97 Å². The van der Waals surface area contributed by atoms with Crippen molar-refractivity contribution in [2.45, 2.75) is 0 Å². The van der Waals surface area contributed by atoms with Crippen LogP contribution in [0.4, 0.5) is 0 Å². The Hall–Kier alpha value is -1.54. The van der Waals surface area contributed by atoms with Crippen molar-refractivity contribution >= 4 is 23.6 Å². The maximum absolute atomic E-state index is 10.9. The highest BCUT2D eigenvalue weighted by atomic mass is 35.5. The van der Waals surface area contributed by atoms with Crippen LogP contribution in [0.3, 0.4) is 0 Å². The third-order valence-corrected chi connectivity index (χ3v) is 1.99. The van der Waals surface area contributed by atoms with Gasteiger partial charge in [0, 0.05) is 0 Å². The summed E-state index contributed by atoms with van der Waals surface area (Å²) in [5.74, 6) is -0.533. The van der Waals surface area contributed by atoms with Gasteiger partial charge in [0.05, 0.1) is 7.11 Å². The Kier molecular flexibility index (Phi) is 4.64. The lowest BCUT2D eigenvalue weighted by Gasteiger charge is -1.93. The lowest BCUT2D eigenvalue weighted by atomic mass is 10.2. The number of hydrogen-bond acceptors (Lipinski definition) is 2. The van der Waals surface area contributed by atoms with Gasteiger partial charge < -0.3 is 4.74 Å². The largest absolute Gasteiger partial charge is 0.465 e. The lowest BCUT2D eigenvalue weighted by Crippen LogP contribution is -1.98. The van der Waals surface area contributed by atoms with E-state index >= 15 is 0 Å². The predicted molar refractivity (Wildman–Crippen MR) is 61.4 cm³/mol. The zero-order chi connectivity index (χ0) is 11.1. The summed E-state index contributed by atoms with van der Waals surface area (Å²) in [6.45, 7) is 0. The molecular weight excluding hydrogens is 212 g/mol. The molecule has 1 aromatic rings. The maximum atomic E-state index is 10.9. The Morgan fingerprint density at radius 3 is 2.60 bits per heavy atom. The van der Waals surface area contributed by atoms with Gasteiger partial charge in [0.1, 0.15) is 5.03 Å². The molecule has 0 radical (unpaired) electrons. The van der Waals surface area contributed by atoms with Crippen LogP contribution >= 0.6 is 11.6 Å². The Morgan fingerprint density at radius 1 is 1.33 bits per heavy atom. The Morgan fingerprint density at radius 2 is 2.00 bits per heavy atom. The first-order valence-electron chi connectivity index (χ1n) is 4.41. The zero-order valence-corrected chi connectivity index (χ0v) is 9.07. The van der Waals surface area contributed by atoms with Crippen LogP contribution in [0, 0.1) is 0 Å². The lowest BCUT2D eigenvalue weighted by molar-refractivity contribution is -0.135. The summed E-state index contributed by atoms with van der Waals surface area (Å²) >= 11 is 5.63. The maximum Gasteiger partial charge on any atom is 0.349 e. The number of carbonyl (C=O) groups is 1. The molecule has 15 heavy (non-hydrogen) atoms. The van der Waals surface area contributed by atoms with Crippen LogP contribution in [0.2, 0.25) is 0 Å². The number of esters is 1. The molecule has 0 spiro atoms. The molecule has 0 atom stereocenters. The molecule has 2 nitrogen and oxygen atoms in total. The molecule has 0 fully saturated rings. The van der Waals surface area contributed by atoms with Crippen LogP contribution < -0.4 is 0 Å². The smallest absolute Gasteiger partial charge is 0.349 e. The first-order chi connectivity index (χ1) is 7.24. The van der Waals surface area contributed by atoms with Gasteiger partial charge in [-0.25, -0.2) is 4.79 Å². The van der Waals surface area contributed by atoms with Crippen molar-refractivity contribution in [1.82, 2.24) is 0 Å². The number of methoxy groups -OCH3 is 1. The standard InChI is InChI=1S/C12H11ClO2/c1-15-12(14)11(13)9-5-8-10-6-3-2-4-7-10/h2-9H,1H3/b8-5+,11-9-. The molecule has 1 rings (SSSR count). The van der Waals surface area contributed by atoms with Gasteiger partial charge in [-0.3, -0.25) is 0 Å². The summed E-state index contributed by atoms with van der Waals surface area (Å²) in [4.78, 5) is 10.9. The molecule has 0 heterocycles. The summed E-state index contributed by atoms with van der Waals surface area (Å²) in [7, 11) is 1.29. The molecule has 0 N–H and O–H groups in total. The first kappa shape index (κ1) is 11.5. The highest BCUT2D eigenvalue weighted by Gasteiger charge is 2.02. The van der Waals surface area contributed by atoms with Crippen LogP contribution in [-0.2, 0) is 9.53 Å². The predicted octanol–water partition coefficient (Wildman–Crippen LogP) is 3.00. The number of hydrogen-bond donors (Lipinski definition) is 0. The highest BCUT2D eigenvalue weighted by Crippen LogP contribution is 2.06. The third-order valence-electron chi connectivity index (χ3n) is 1.71. The number of benzene rings is 1. The van der Waals surface area contributed by atoms with E-state index in [0.29, 0.717) is 0 Å². The molecule has 0 bridgehead atoms. The summed E-state index contributed by atoms with van der Waals surface area (Å²) in [6.07, 6.45) is 5.06. The molecule has 0 aromatic heterocycles. The van der Waals surface area contributed by atoms with Crippen molar-refractivity contribution in [3.8, 4) is 0 Å². The fourth-order valence-corrected chi connectivity index (χ4v) is 1.12. The molecule has 1 aromatic carbocycles. The molecule has 0 saturated heterocycles. The van der Waals surface area contributed by atoms with Crippen molar-refractivity contribution in [2.75, 3.05) is 7.11 Å². The van der Waals surface area contributed by atoms with E-state index < -0.39 is 5.97 Å². The van der Waals surface area contributed by atoms with Crippen LogP contribution in [0.1, 0.15) is 5.56 Å². The van der Waals surface area contributed by atoms with Gasteiger partial charge in [-0.05, 0) is 11.6 Å². The number of ether oxygens (including phenoxy) is 1. The first-order valence-corrected chi connectivity index (χ1v) is 4.79. The molecule has 0 saturated carbocycles. The number of allylic oxidation sites excluding steroid dienone is 2. The van der Waals surface area contributed by atoms with Gasteiger partial charge in [-0.15, -0.1) is 0 Å². The number of carbonyl (C=O) groups excluding carboxylic acids is 1. The zero-order valence-electron chi connectivity index (χ0n) is 8.31. The summed E-state index contributed by atoms with van der Waals surface area (Å²) in [5.41, 5.74) is 1.04. The van der Waals surface area contributed by atoms with Crippen LogP contribution in [-0.4, -0.2) is 13.1 Å². The summed E-state index contributed by atoms with van der Waals surface area (Å²) < 4.78 is 4.44. The number of halogens is 1. The molecule has 0 unspecified atom stereocenters. The van der Waals surface area contributed by atoms with E-state index in [9.17, 15) is 4.79 Å². The summed E-state index contributed by atoms with van der Waals surface area (Å²) in [5, 5.41) is 0.0599. The molecule has 0 amide bonds. The van der Waals surface area contributed by atoms with Crippen LogP contribution in [0.15, 0.2) is 47.5 Å². The van der Waals surface area contributed by atoms with Crippen molar-refractivity contribution in [3.05, 3.63) is 53.1 Å². The Bertz CT molecular complexity index is 380. The highest BCUT2D eigenvalue weighted by molar-refractivity contribution is 6.41. The van der Waals surface area contributed by atoms with Gasteiger partial charge in [0.25, 0.3) is 0 Å². The van der Waals surface area contributed by atoms with E-state index in [1.807, 2.05) is 36.4 Å². The van der Waals surface area contributed by atoms with E-state index in [0.717, 1.165) is 5.56 Å². The third kappa shape index (κ3) is 4.00. The topological polar surface area (TPSA) is 26.3 Å². The minimum absolute atomic E-state index is 0.0599. The molecule has 0 aliphatic carbocycles. The van der Waals surface area contributed by atoms with Crippen LogP contribution in [0.25, 0.3) is 6.08 Å². The van der Waals surface area contributed by atoms with Crippen molar-refractivity contribution in [1.29, 1.82) is 0 Å². The molecule has 0 aliphatic rings. The van der Waals surface area contributed by atoms with E-state index in [1.165, 1.54) is 13.2 Å². The minimum Gasteiger partial charge on any atom is -0.465 e. The SMILES string of the molecule is COC(=O)/C(Cl)=C/C=C/c1ccccc1. The second-order valence-electron chi connectivity index (χ2n) is 2.78. The van der Waals surface area contributed by atoms with Crippen LogP contribution in [0.5, 0.6) is 0 Å². The van der Waals surface area contributed by atoms with E-state index in [2.05, 4.69) is 4.74 Å². The molecular formula is C12H11ClO2. The monoisotopic (exact) mass is 222 g/mol. The number of rotatable bonds is 3. The van der Waals surface area contributed by atoms with Gasteiger partial charge in [0.15, 0.2) is 0 Å². The van der Waals surface area contributed by atoms with Crippen molar-refractivity contribution in [2.24, 2.45) is 0 Å². The second kappa shape index (κ2) is 6.04. The molecule has 3 heteroatoms. The van der Waals surface area contributed by atoms with E-state index in [-0.39, 0.29) is 5.03 Å².